The molecule has 2 aliphatic rings. The minimum atomic E-state index is -5.21. The zero-order valence-corrected chi connectivity index (χ0v) is 21.8. The van der Waals surface area contributed by atoms with E-state index >= 15 is 0 Å². The highest BCUT2D eigenvalue weighted by Crippen LogP contribution is 2.48. The predicted molar refractivity (Wildman–Crippen MR) is 138 cm³/mol. The Balaban J connectivity index is 1.31. The van der Waals surface area contributed by atoms with Crippen LogP contribution in [0.25, 0.3) is 0 Å². The summed E-state index contributed by atoms with van der Waals surface area (Å²) in [4.78, 5) is 28.3. The van der Waals surface area contributed by atoms with Crippen molar-refractivity contribution in [1.82, 2.24) is 10.2 Å². The molecular weight excluding hydrogens is 519 g/mol. The van der Waals surface area contributed by atoms with Crippen LogP contribution in [0, 0.1) is 29.7 Å². The molecule has 0 aromatic heterocycles. The highest BCUT2D eigenvalue weighted by Gasteiger charge is 2.60. The quantitative estimate of drug-likeness (QED) is 0.429. The smallest absolute Gasteiger partial charge is 0.371 e. The highest BCUT2D eigenvalue weighted by atomic mass is 35.5. The number of hydrogen-bond acceptors (Lipinski definition) is 4. The molecule has 0 radical (unpaired) electrons. The van der Waals surface area contributed by atoms with Crippen LogP contribution in [0.3, 0.4) is 0 Å². The van der Waals surface area contributed by atoms with Crippen LogP contribution in [0.4, 0.5) is 18.9 Å². The first-order valence-electron chi connectivity index (χ1n) is 12.3. The van der Waals surface area contributed by atoms with Crippen molar-refractivity contribution in [3.05, 3.63) is 64.7 Å². The molecule has 38 heavy (non-hydrogen) atoms. The van der Waals surface area contributed by atoms with Crippen LogP contribution in [0.5, 0.6) is 0 Å². The summed E-state index contributed by atoms with van der Waals surface area (Å²) in [6.45, 7) is 1.62. The first-order chi connectivity index (χ1) is 17.9. The van der Waals surface area contributed by atoms with E-state index in [9.17, 15) is 27.9 Å². The van der Waals surface area contributed by atoms with Gasteiger partial charge in [0.05, 0.1) is 10.6 Å². The fraction of sp³-hybridized carbons (Fsp3) is 0.429. The van der Waals surface area contributed by atoms with E-state index in [-0.39, 0.29) is 11.8 Å². The summed E-state index contributed by atoms with van der Waals surface area (Å²) in [5.41, 5.74) is -2.84. The third kappa shape index (κ3) is 5.62. The van der Waals surface area contributed by atoms with Gasteiger partial charge in [0.15, 0.2) is 0 Å². The van der Waals surface area contributed by atoms with E-state index in [0.717, 1.165) is 50.2 Å². The Morgan fingerprint density at radius 1 is 1.11 bits per heavy atom. The number of anilines is 1. The standard InChI is InChI=1S/C28H29ClF3N3O3/c1-34(2)25(36)22-9-8-21(17-24(22)29)35-14-11-18(12-15-35)23-16-19(23)10-13-33-26(37)27(38,28(30,31)32)20-6-4-3-5-7-20/h3-9,17-19,23,38H,11-12,14-16H2,1-2H3,(H,33,37)/t19-,23+,27+/m1/s1. The van der Waals surface area contributed by atoms with Gasteiger partial charge in [0, 0.05) is 50.4 Å². The zero-order chi connectivity index (χ0) is 27.7. The first-order valence-corrected chi connectivity index (χ1v) is 12.7. The van der Waals surface area contributed by atoms with Crippen molar-refractivity contribution in [3.63, 3.8) is 0 Å². The normalized spacial score (nSPS) is 21.1. The van der Waals surface area contributed by atoms with Gasteiger partial charge in [0.1, 0.15) is 0 Å². The van der Waals surface area contributed by atoms with Crippen LogP contribution in [-0.2, 0) is 10.4 Å². The van der Waals surface area contributed by atoms with Crippen molar-refractivity contribution in [2.24, 2.45) is 17.8 Å². The molecule has 4 rings (SSSR count). The molecule has 1 aliphatic heterocycles. The van der Waals surface area contributed by atoms with Gasteiger partial charge in [0.2, 0.25) is 0 Å². The minimum Gasteiger partial charge on any atom is -0.371 e. The van der Waals surface area contributed by atoms with Gasteiger partial charge in [-0.15, -0.1) is 0 Å². The fourth-order valence-corrected chi connectivity index (χ4v) is 5.24. The molecule has 1 saturated carbocycles. The highest BCUT2D eigenvalue weighted by molar-refractivity contribution is 6.34. The summed E-state index contributed by atoms with van der Waals surface area (Å²) in [7, 11) is 3.35. The molecular formula is C28H29ClF3N3O3. The van der Waals surface area contributed by atoms with Crippen LogP contribution in [0.1, 0.15) is 35.2 Å². The van der Waals surface area contributed by atoms with Gasteiger partial charge >= 0.3 is 6.18 Å². The van der Waals surface area contributed by atoms with Gasteiger partial charge in [-0.05, 0) is 49.3 Å². The van der Waals surface area contributed by atoms with Gasteiger partial charge in [-0.2, -0.15) is 13.2 Å². The minimum absolute atomic E-state index is 0.00618. The monoisotopic (exact) mass is 547 g/mol. The molecule has 0 spiro atoms. The Morgan fingerprint density at radius 2 is 1.76 bits per heavy atom. The number of nitrogens with zero attached hydrogens (tertiary/aromatic N) is 2. The second-order valence-corrected chi connectivity index (χ2v) is 10.4. The molecule has 2 aromatic carbocycles. The van der Waals surface area contributed by atoms with Crippen LogP contribution in [0.2, 0.25) is 5.02 Å². The van der Waals surface area contributed by atoms with E-state index in [2.05, 4.69) is 16.9 Å². The van der Waals surface area contributed by atoms with Crippen LogP contribution in [0.15, 0.2) is 48.5 Å². The molecule has 202 valence electrons. The molecule has 1 heterocycles. The third-order valence-corrected chi connectivity index (χ3v) is 7.62. The number of piperidine rings is 1. The number of aliphatic hydroxyl groups is 1. The SMILES string of the molecule is CN(C)C(=O)c1ccc(N2CCC([C@@H]3C[C@H]3C#CNC(=O)[C@@](O)(c3ccccc3)C(F)(F)F)CC2)cc1Cl. The van der Waals surface area contributed by atoms with E-state index in [1.165, 1.54) is 23.1 Å². The van der Waals surface area contributed by atoms with Gasteiger partial charge in [-0.1, -0.05) is 47.9 Å². The molecule has 1 saturated heterocycles. The number of halogens is 4. The summed E-state index contributed by atoms with van der Waals surface area (Å²) in [5.74, 6) is 1.82. The number of amides is 2. The van der Waals surface area contributed by atoms with E-state index in [1.807, 2.05) is 17.4 Å². The van der Waals surface area contributed by atoms with Gasteiger partial charge in [-0.3, -0.25) is 14.9 Å². The molecule has 6 nitrogen and oxygen atoms in total. The summed E-state index contributed by atoms with van der Waals surface area (Å²) in [5, 5.41) is 12.7. The summed E-state index contributed by atoms with van der Waals surface area (Å²) in [6.07, 6.45) is -2.54. The molecule has 2 N–H and O–H groups in total. The topological polar surface area (TPSA) is 72.9 Å². The maximum absolute atomic E-state index is 13.6. The van der Waals surface area contributed by atoms with E-state index in [0.29, 0.717) is 22.4 Å². The van der Waals surface area contributed by atoms with Crippen LogP contribution < -0.4 is 10.2 Å². The van der Waals surface area contributed by atoms with Gasteiger partial charge in [-0.25, -0.2) is 0 Å². The van der Waals surface area contributed by atoms with E-state index in [1.54, 1.807) is 20.2 Å². The van der Waals surface area contributed by atoms with Crippen molar-refractivity contribution in [2.45, 2.75) is 31.0 Å². The van der Waals surface area contributed by atoms with Crippen molar-refractivity contribution in [1.29, 1.82) is 0 Å². The first kappa shape index (κ1) is 27.8. The number of hydrogen-bond donors (Lipinski definition) is 2. The predicted octanol–water partition coefficient (Wildman–Crippen LogP) is 4.42. The molecule has 1 aliphatic carbocycles. The molecule has 3 atom stereocenters. The van der Waals surface area contributed by atoms with Crippen molar-refractivity contribution >= 4 is 29.1 Å². The van der Waals surface area contributed by atoms with Crippen LogP contribution in [-0.4, -0.2) is 55.2 Å². The summed E-state index contributed by atoms with van der Waals surface area (Å²) >= 11 is 6.36. The Bertz CT molecular complexity index is 1250. The maximum atomic E-state index is 13.6. The van der Waals surface area contributed by atoms with E-state index in [4.69, 9.17) is 11.6 Å². The van der Waals surface area contributed by atoms with Crippen molar-refractivity contribution in [3.8, 4) is 12.0 Å². The molecule has 2 aromatic rings. The maximum Gasteiger partial charge on any atom is 0.430 e. The Morgan fingerprint density at radius 3 is 2.34 bits per heavy atom. The summed E-state index contributed by atoms with van der Waals surface area (Å²) < 4.78 is 40.9. The average molecular weight is 548 g/mol. The Labute approximate surface area is 224 Å². The number of benzene rings is 2. The second-order valence-electron chi connectivity index (χ2n) is 9.99. The van der Waals surface area contributed by atoms with E-state index < -0.39 is 23.2 Å². The number of carbonyl (C=O) groups is 2. The van der Waals surface area contributed by atoms with Crippen LogP contribution >= 0.6 is 11.6 Å². The molecule has 10 heteroatoms. The van der Waals surface area contributed by atoms with Crippen molar-refractivity contribution < 1.29 is 27.9 Å². The number of carbonyl (C=O) groups excluding carboxylic acids is 2. The third-order valence-electron chi connectivity index (χ3n) is 7.30. The average Bonchev–Trinajstić information content (AvgIpc) is 3.67. The lowest BCUT2D eigenvalue weighted by Gasteiger charge is -2.34. The zero-order valence-electron chi connectivity index (χ0n) is 21.1. The lowest BCUT2D eigenvalue weighted by Crippen LogP contribution is -2.53. The molecule has 0 bridgehead atoms. The molecule has 2 fully saturated rings. The number of alkyl halides is 3. The fourth-order valence-electron chi connectivity index (χ4n) is 4.98. The molecule has 0 unspecified atom stereocenters. The van der Waals surface area contributed by atoms with Gasteiger partial charge < -0.3 is 14.9 Å². The lowest BCUT2D eigenvalue weighted by atomic mass is 9.90. The largest absolute Gasteiger partial charge is 0.430 e. The number of rotatable bonds is 5. The lowest BCUT2D eigenvalue weighted by molar-refractivity contribution is -0.256. The number of nitrogens with one attached hydrogen (secondary N) is 1. The Hall–Kier alpha value is -3.22. The second kappa shape index (κ2) is 10.9. The molecule has 2 amide bonds. The Kier molecular flexibility index (Phi) is 7.96. The van der Waals surface area contributed by atoms with Gasteiger partial charge in [0.25, 0.3) is 17.4 Å². The summed E-state index contributed by atoms with van der Waals surface area (Å²) in [6, 6.07) is 14.0. The van der Waals surface area contributed by atoms with Crippen molar-refractivity contribution in [2.75, 3.05) is 32.1 Å².